The van der Waals surface area contributed by atoms with E-state index < -0.39 is 23.7 Å². The van der Waals surface area contributed by atoms with Crippen LogP contribution in [0.4, 0.5) is 5.69 Å². The number of hydrogen-bond acceptors (Lipinski definition) is 6. The predicted molar refractivity (Wildman–Crippen MR) is 163 cm³/mol. The van der Waals surface area contributed by atoms with Gasteiger partial charge in [-0.2, -0.15) is 5.10 Å². The van der Waals surface area contributed by atoms with E-state index in [2.05, 4.69) is 26.0 Å². The third-order valence-corrected chi connectivity index (χ3v) is 8.80. The van der Waals surface area contributed by atoms with E-state index in [-0.39, 0.29) is 40.2 Å². The molecule has 2 aliphatic rings. The summed E-state index contributed by atoms with van der Waals surface area (Å²) in [6.07, 6.45) is 7.40. The summed E-state index contributed by atoms with van der Waals surface area (Å²) >= 11 is 6.24. The first-order valence-corrected chi connectivity index (χ1v) is 15.0. The van der Waals surface area contributed by atoms with Crippen molar-refractivity contribution in [2.45, 2.75) is 64.0 Å². The fourth-order valence-corrected chi connectivity index (χ4v) is 6.34. The van der Waals surface area contributed by atoms with Gasteiger partial charge in [-0.15, -0.1) is 0 Å². The number of carbonyl (C=O) groups excluding carboxylic acids is 3. The van der Waals surface area contributed by atoms with E-state index in [1.807, 2.05) is 0 Å². The van der Waals surface area contributed by atoms with E-state index in [4.69, 9.17) is 11.6 Å². The highest BCUT2D eigenvalue weighted by molar-refractivity contribution is 6.34. The van der Waals surface area contributed by atoms with E-state index in [0.717, 1.165) is 43.2 Å². The molecule has 2 aliphatic carbocycles. The number of nitrogens with zero attached hydrogens (tertiary/aromatic N) is 3. The number of fused-ring (bicyclic) bond motifs is 2. The zero-order valence-electron chi connectivity index (χ0n) is 24.0. The van der Waals surface area contributed by atoms with E-state index >= 15 is 0 Å². The van der Waals surface area contributed by atoms with Gasteiger partial charge in [0, 0.05) is 12.1 Å². The molecular weight excluding hydrogens is 584 g/mol. The predicted octanol–water partition coefficient (Wildman–Crippen LogP) is 5.12. The summed E-state index contributed by atoms with van der Waals surface area (Å²) in [5.74, 6) is -2.49. The van der Waals surface area contributed by atoms with Gasteiger partial charge in [-0.1, -0.05) is 49.1 Å². The third-order valence-electron chi connectivity index (χ3n) is 8.47. The number of aromatic nitrogens is 3. The Kier molecular flexibility index (Phi) is 8.05. The third kappa shape index (κ3) is 5.62. The van der Waals surface area contributed by atoms with Crippen molar-refractivity contribution in [3.8, 4) is 0 Å². The maximum absolute atomic E-state index is 13.8. The number of para-hydroxylation sites is 1. The van der Waals surface area contributed by atoms with Crippen LogP contribution >= 0.6 is 11.6 Å². The maximum atomic E-state index is 13.8. The molecule has 2 aromatic heterocycles. The lowest BCUT2D eigenvalue weighted by molar-refractivity contribution is 0.0695. The van der Waals surface area contributed by atoms with E-state index in [1.165, 1.54) is 16.8 Å². The molecule has 1 atom stereocenters. The summed E-state index contributed by atoms with van der Waals surface area (Å²) in [4.78, 5) is 56.7. The van der Waals surface area contributed by atoms with Crippen molar-refractivity contribution in [2.75, 3.05) is 5.32 Å². The van der Waals surface area contributed by atoms with Crippen molar-refractivity contribution in [1.29, 1.82) is 0 Å². The highest BCUT2D eigenvalue weighted by Crippen LogP contribution is 2.35. The molecule has 12 heteroatoms. The summed E-state index contributed by atoms with van der Waals surface area (Å²) in [6.45, 7) is 1.77. The molecule has 1 fully saturated rings. The van der Waals surface area contributed by atoms with Crippen LogP contribution in [0.2, 0.25) is 5.02 Å². The molecule has 0 spiro atoms. The molecular formula is C32H31ClN6O5. The van der Waals surface area contributed by atoms with Crippen LogP contribution in [0.15, 0.2) is 48.7 Å². The van der Waals surface area contributed by atoms with Crippen molar-refractivity contribution in [1.82, 2.24) is 25.2 Å². The van der Waals surface area contributed by atoms with Gasteiger partial charge in [0.2, 0.25) is 0 Å². The zero-order valence-corrected chi connectivity index (χ0v) is 24.8. The maximum Gasteiger partial charge on any atom is 0.335 e. The quantitative estimate of drug-likeness (QED) is 0.225. The van der Waals surface area contributed by atoms with Gasteiger partial charge in [-0.25, -0.2) is 14.3 Å². The molecule has 226 valence electrons. The monoisotopic (exact) mass is 614 g/mol. The van der Waals surface area contributed by atoms with Gasteiger partial charge >= 0.3 is 5.97 Å². The molecule has 0 bridgehead atoms. The lowest BCUT2D eigenvalue weighted by Gasteiger charge is -2.22. The molecule has 4 aromatic rings. The zero-order chi connectivity index (χ0) is 31.0. The Morgan fingerprint density at radius 3 is 2.45 bits per heavy atom. The number of carbonyl (C=O) groups is 4. The van der Waals surface area contributed by atoms with Gasteiger partial charge < -0.3 is 21.1 Å². The first-order chi connectivity index (χ1) is 21.2. The Morgan fingerprint density at radius 1 is 0.932 bits per heavy atom. The number of rotatable bonds is 7. The number of benzene rings is 2. The van der Waals surface area contributed by atoms with Gasteiger partial charge in [-0.05, 0) is 67.5 Å². The molecule has 1 saturated carbocycles. The van der Waals surface area contributed by atoms with E-state index in [0.29, 0.717) is 29.1 Å². The summed E-state index contributed by atoms with van der Waals surface area (Å²) in [7, 11) is 0. The second kappa shape index (κ2) is 12.1. The Bertz CT molecular complexity index is 1810. The molecule has 2 aromatic carbocycles. The van der Waals surface area contributed by atoms with Crippen molar-refractivity contribution in [3.05, 3.63) is 92.9 Å². The fraction of sp³-hybridized carbons (Fsp3) is 0.312. The van der Waals surface area contributed by atoms with Crippen LogP contribution < -0.4 is 16.0 Å². The summed E-state index contributed by atoms with van der Waals surface area (Å²) in [5.41, 5.74) is 3.20. The number of halogens is 1. The number of carboxylic acids is 1. The largest absolute Gasteiger partial charge is 0.478 e. The van der Waals surface area contributed by atoms with Crippen LogP contribution in [0.25, 0.3) is 5.65 Å². The van der Waals surface area contributed by atoms with Gasteiger partial charge in [0.25, 0.3) is 17.7 Å². The topological polar surface area (TPSA) is 155 Å². The average molecular weight is 615 g/mol. The standard InChI is InChI=1S/C32H31ClN6O5/c1-17-19-13-14-24(21(19)12-11-20(17)32(43)44)37-31(42)27-15-26(30(41)35-18-7-3-2-4-8-18)36-28-22(16-34-39(27)28)29(40)38-25-10-6-5-9-23(25)33/h5-6,9-12,15-16,18,24H,2-4,7-8,13-14H2,1H3,(H,35,41)(H,37,42)(H,38,40)(H,43,44)/t24-/m0/s1. The fourth-order valence-electron chi connectivity index (χ4n) is 6.15. The Balaban J connectivity index is 1.35. The number of hydrogen-bond donors (Lipinski definition) is 4. The van der Waals surface area contributed by atoms with Crippen LogP contribution in [0.3, 0.4) is 0 Å². The molecule has 0 radical (unpaired) electrons. The number of aromatic carboxylic acids is 1. The van der Waals surface area contributed by atoms with Crippen molar-refractivity contribution < 1.29 is 24.3 Å². The van der Waals surface area contributed by atoms with Crippen LogP contribution in [0, 0.1) is 6.92 Å². The molecule has 0 unspecified atom stereocenters. The minimum Gasteiger partial charge on any atom is -0.478 e. The molecule has 44 heavy (non-hydrogen) atoms. The molecule has 11 nitrogen and oxygen atoms in total. The molecule has 0 saturated heterocycles. The van der Waals surface area contributed by atoms with Crippen molar-refractivity contribution in [2.24, 2.45) is 0 Å². The molecule has 4 N–H and O–H groups in total. The van der Waals surface area contributed by atoms with Gasteiger partial charge in [0.1, 0.15) is 17.0 Å². The molecule has 2 heterocycles. The van der Waals surface area contributed by atoms with Gasteiger partial charge in [0.15, 0.2) is 5.65 Å². The van der Waals surface area contributed by atoms with Crippen LogP contribution in [-0.2, 0) is 6.42 Å². The average Bonchev–Trinajstić information content (AvgIpc) is 3.63. The number of amides is 3. The van der Waals surface area contributed by atoms with Gasteiger partial charge in [-0.3, -0.25) is 14.4 Å². The Hall–Kier alpha value is -4.77. The summed E-state index contributed by atoms with van der Waals surface area (Å²) < 4.78 is 1.25. The lowest BCUT2D eigenvalue weighted by Crippen LogP contribution is -2.37. The Morgan fingerprint density at radius 2 is 1.70 bits per heavy atom. The Labute approximate surface area is 258 Å². The van der Waals surface area contributed by atoms with Crippen molar-refractivity contribution in [3.63, 3.8) is 0 Å². The normalized spacial score (nSPS) is 16.4. The van der Waals surface area contributed by atoms with Gasteiger partial charge in [0.05, 0.1) is 28.5 Å². The highest BCUT2D eigenvalue weighted by atomic mass is 35.5. The lowest BCUT2D eigenvalue weighted by atomic mass is 9.95. The number of carboxylic acid groups (broad SMARTS) is 1. The minimum absolute atomic E-state index is 0.00529. The summed E-state index contributed by atoms with van der Waals surface area (Å²) in [5, 5.41) is 23.0. The second-order valence-corrected chi connectivity index (χ2v) is 11.6. The second-order valence-electron chi connectivity index (χ2n) is 11.2. The number of anilines is 1. The van der Waals surface area contributed by atoms with Crippen LogP contribution in [0.5, 0.6) is 0 Å². The first-order valence-electron chi connectivity index (χ1n) is 14.6. The minimum atomic E-state index is -0.996. The smallest absolute Gasteiger partial charge is 0.335 e. The van der Waals surface area contributed by atoms with Crippen LogP contribution in [0.1, 0.15) is 103 Å². The number of nitrogens with one attached hydrogen (secondary N) is 3. The molecule has 6 rings (SSSR count). The highest BCUT2D eigenvalue weighted by Gasteiger charge is 2.30. The van der Waals surface area contributed by atoms with Crippen molar-refractivity contribution >= 4 is 46.6 Å². The van der Waals surface area contributed by atoms with E-state index in [1.54, 1.807) is 43.3 Å². The van der Waals surface area contributed by atoms with E-state index in [9.17, 15) is 24.3 Å². The molecule has 3 amide bonds. The van der Waals surface area contributed by atoms with Crippen LogP contribution in [-0.4, -0.2) is 49.4 Å². The first kappa shape index (κ1) is 29.3. The SMILES string of the molecule is Cc1c(C(=O)O)ccc2c1CC[C@@H]2NC(=O)c1cc(C(=O)NC2CCCCC2)nc2c(C(=O)Nc3ccccc3Cl)cnn12. The summed E-state index contributed by atoms with van der Waals surface area (Å²) in [6, 6.07) is 11.1. The molecule has 0 aliphatic heterocycles.